The van der Waals surface area contributed by atoms with Gasteiger partial charge in [-0.2, -0.15) is 0 Å². The van der Waals surface area contributed by atoms with E-state index < -0.39 is 0 Å². The zero-order valence-corrected chi connectivity index (χ0v) is 11.3. The van der Waals surface area contributed by atoms with Crippen molar-refractivity contribution < 1.29 is 0 Å². The first-order valence-corrected chi connectivity index (χ1v) is 6.74. The van der Waals surface area contributed by atoms with E-state index in [1.807, 2.05) is 12.3 Å². The number of rotatable bonds is 2. The lowest BCUT2D eigenvalue weighted by atomic mass is 10.0. The van der Waals surface area contributed by atoms with E-state index in [0.29, 0.717) is 0 Å². The van der Waals surface area contributed by atoms with E-state index >= 15 is 0 Å². The fraction of sp³-hybridized carbons (Fsp3) is 0.235. The average molecular weight is 250 g/mol. The van der Waals surface area contributed by atoms with Crippen LogP contribution in [0.5, 0.6) is 0 Å². The SMILES string of the molecule is C=Cc1cnc(N2CCCc3ccccc32)cc1C. The number of aryl methyl sites for hydroxylation is 2. The number of hydrogen-bond acceptors (Lipinski definition) is 2. The van der Waals surface area contributed by atoms with Gasteiger partial charge in [-0.25, -0.2) is 4.98 Å². The molecule has 2 heteroatoms. The minimum Gasteiger partial charge on any atom is -0.326 e. The predicted molar refractivity (Wildman–Crippen MR) is 80.8 cm³/mol. The molecule has 0 saturated heterocycles. The molecule has 1 aromatic heterocycles. The van der Waals surface area contributed by atoms with Crippen LogP contribution < -0.4 is 4.90 Å². The number of para-hydroxylation sites is 1. The lowest BCUT2D eigenvalue weighted by Gasteiger charge is -2.30. The highest BCUT2D eigenvalue weighted by Gasteiger charge is 2.18. The summed E-state index contributed by atoms with van der Waals surface area (Å²) >= 11 is 0. The molecule has 0 unspecified atom stereocenters. The van der Waals surface area contributed by atoms with Gasteiger partial charge in [0.15, 0.2) is 0 Å². The van der Waals surface area contributed by atoms with E-state index in [4.69, 9.17) is 0 Å². The summed E-state index contributed by atoms with van der Waals surface area (Å²) in [4.78, 5) is 6.91. The molecular formula is C17H18N2. The number of fused-ring (bicyclic) bond motifs is 1. The van der Waals surface area contributed by atoms with Gasteiger partial charge in [-0.1, -0.05) is 30.9 Å². The summed E-state index contributed by atoms with van der Waals surface area (Å²) in [6.07, 6.45) is 6.11. The minimum absolute atomic E-state index is 1.04. The molecule has 2 heterocycles. The molecule has 0 saturated carbocycles. The molecule has 0 amide bonds. The fourth-order valence-electron chi connectivity index (χ4n) is 2.68. The van der Waals surface area contributed by atoms with Crippen LogP contribution in [-0.2, 0) is 6.42 Å². The van der Waals surface area contributed by atoms with Crippen LogP contribution in [0, 0.1) is 6.92 Å². The zero-order valence-electron chi connectivity index (χ0n) is 11.3. The van der Waals surface area contributed by atoms with Crippen molar-refractivity contribution in [3.05, 3.63) is 59.8 Å². The number of aromatic nitrogens is 1. The number of pyridine rings is 1. The summed E-state index contributed by atoms with van der Waals surface area (Å²) < 4.78 is 0. The van der Waals surface area contributed by atoms with Crippen molar-refractivity contribution in [3.8, 4) is 0 Å². The zero-order chi connectivity index (χ0) is 13.2. The van der Waals surface area contributed by atoms with E-state index in [1.54, 1.807) is 0 Å². The topological polar surface area (TPSA) is 16.1 Å². The third-order valence-electron chi connectivity index (χ3n) is 3.74. The van der Waals surface area contributed by atoms with Crippen molar-refractivity contribution in [2.75, 3.05) is 11.4 Å². The van der Waals surface area contributed by atoms with Gasteiger partial charge in [-0.05, 0) is 48.6 Å². The summed E-state index contributed by atoms with van der Waals surface area (Å²) in [6, 6.07) is 10.8. The van der Waals surface area contributed by atoms with Crippen LogP contribution in [0.15, 0.2) is 43.1 Å². The second kappa shape index (κ2) is 4.88. The molecule has 0 spiro atoms. The summed E-state index contributed by atoms with van der Waals surface area (Å²) in [5, 5.41) is 0. The normalized spacial score (nSPS) is 14.1. The second-order valence-corrected chi connectivity index (χ2v) is 4.99. The molecule has 0 N–H and O–H groups in total. The van der Waals surface area contributed by atoms with E-state index in [-0.39, 0.29) is 0 Å². The molecule has 1 aliphatic rings. The molecule has 0 fully saturated rings. The lowest BCUT2D eigenvalue weighted by Crippen LogP contribution is -2.25. The molecule has 2 nitrogen and oxygen atoms in total. The number of benzene rings is 1. The highest BCUT2D eigenvalue weighted by atomic mass is 15.2. The van der Waals surface area contributed by atoms with Gasteiger partial charge >= 0.3 is 0 Å². The predicted octanol–water partition coefficient (Wildman–Crippen LogP) is 4.12. The first-order valence-electron chi connectivity index (χ1n) is 6.74. The number of anilines is 2. The van der Waals surface area contributed by atoms with Gasteiger partial charge in [0, 0.05) is 18.4 Å². The van der Waals surface area contributed by atoms with Gasteiger partial charge in [0.1, 0.15) is 5.82 Å². The molecule has 0 radical (unpaired) electrons. The molecular weight excluding hydrogens is 232 g/mol. The standard InChI is InChI=1S/C17H18N2/c1-3-14-12-18-17(11-13(14)2)19-10-6-8-15-7-4-5-9-16(15)19/h3-5,7,9,11-12H,1,6,8,10H2,2H3. The van der Waals surface area contributed by atoms with E-state index in [9.17, 15) is 0 Å². The summed E-state index contributed by atoms with van der Waals surface area (Å²) in [7, 11) is 0. The highest BCUT2D eigenvalue weighted by Crippen LogP contribution is 2.32. The van der Waals surface area contributed by atoms with Crippen molar-refractivity contribution >= 4 is 17.6 Å². The summed E-state index contributed by atoms with van der Waals surface area (Å²) in [5.74, 6) is 1.04. The van der Waals surface area contributed by atoms with Gasteiger partial charge in [0.25, 0.3) is 0 Å². The highest BCUT2D eigenvalue weighted by molar-refractivity contribution is 5.67. The number of nitrogens with zero attached hydrogens (tertiary/aromatic N) is 2. The Morgan fingerprint density at radius 1 is 1.32 bits per heavy atom. The molecule has 1 aromatic carbocycles. The Kier molecular flexibility index (Phi) is 3.08. The van der Waals surface area contributed by atoms with Crippen molar-refractivity contribution in [1.29, 1.82) is 0 Å². The lowest BCUT2D eigenvalue weighted by molar-refractivity contribution is 0.759. The molecule has 1 aliphatic heterocycles. The molecule has 2 aromatic rings. The smallest absolute Gasteiger partial charge is 0.133 e. The number of hydrogen-bond donors (Lipinski definition) is 0. The van der Waals surface area contributed by atoms with E-state index in [1.165, 1.54) is 23.2 Å². The molecule has 0 aliphatic carbocycles. The van der Waals surface area contributed by atoms with Crippen LogP contribution in [0.1, 0.15) is 23.1 Å². The third-order valence-corrected chi connectivity index (χ3v) is 3.74. The second-order valence-electron chi connectivity index (χ2n) is 4.99. The Labute approximate surface area is 114 Å². The molecule has 0 bridgehead atoms. The molecule has 0 atom stereocenters. The summed E-state index contributed by atoms with van der Waals surface area (Å²) in [5.41, 5.74) is 5.05. The maximum atomic E-state index is 4.59. The fourth-order valence-corrected chi connectivity index (χ4v) is 2.68. The van der Waals surface area contributed by atoms with Crippen molar-refractivity contribution in [1.82, 2.24) is 4.98 Å². The first kappa shape index (κ1) is 12.0. The van der Waals surface area contributed by atoms with Crippen LogP contribution in [0.4, 0.5) is 11.5 Å². The van der Waals surface area contributed by atoms with Crippen LogP contribution in [0.25, 0.3) is 6.08 Å². The van der Waals surface area contributed by atoms with E-state index in [0.717, 1.165) is 24.3 Å². The first-order chi connectivity index (χ1) is 9.29. The molecule has 96 valence electrons. The van der Waals surface area contributed by atoms with Crippen molar-refractivity contribution in [3.63, 3.8) is 0 Å². The van der Waals surface area contributed by atoms with Gasteiger partial charge in [-0.15, -0.1) is 0 Å². The van der Waals surface area contributed by atoms with Crippen LogP contribution in [-0.4, -0.2) is 11.5 Å². The average Bonchev–Trinajstić information content (AvgIpc) is 2.46. The van der Waals surface area contributed by atoms with Crippen LogP contribution in [0.2, 0.25) is 0 Å². The quantitative estimate of drug-likeness (QED) is 0.797. The Balaban J connectivity index is 2.04. The maximum Gasteiger partial charge on any atom is 0.133 e. The van der Waals surface area contributed by atoms with Gasteiger partial charge in [0.2, 0.25) is 0 Å². The Hall–Kier alpha value is -2.09. The maximum absolute atomic E-state index is 4.59. The van der Waals surface area contributed by atoms with Crippen molar-refractivity contribution in [2.45, 2.75) is 19.8 Å². The van der Waals surface area contributed by atoms with Crippen LogP contribution >= 0.6 is 0 Å². The molecule has 3 rings (SSSR count). The van der Waals surface area contributed by atoms with E-state index in [2.05, 4.69) is 53.7 Å². The van der Waals surface area contributed by atoms with Crippen molar-refractivity contribution in [2.24, 2.45) is 0 Å². The Morgan fingerprint density at radius 3 is 2.95 bits per heavy atom. The third kappa shape index (κ3) is 2.14. The Morgan fingerprint density at radius 2 is 2.16 bits per heavy atom. The van der Waals surface area contributed by atoms with Gasteiger partial charge < -0.3 is 4.90 Å². The largest absolute Gasteiger partial charge is 0.326 e. The van der Waals surface area contributed by atoms with Gasteiger partial charge in [-0.3, -0.25) is 0 Å². The van der Waals surface area contributed by atoms with Crippen LogP contribution in [0.3, 0.4) is 0 Å². The molecule has 19 heavy (non-hydrogen) atoms. The Bertz CT molecular complexity index is 616. The van der Waals surface area contributed by atoms with Gasteiger partial charge in [0.05, 0.1) is 0 Å². The monoisotopic (exact) mass is 250 g/mol. The summed E-state index contributed by atoms with van der Waals surface area (Å²) in [6.45, 7) is 6.96. The minimum atomic E-state index is 1.04.